The Hall–Kier alpha value is -4.12. The molecule has 30 heavy (non-hydrogen) atoms. The van der Waals surface area contributed by atoms with Crippen molar-refractivity contribution in [3.63, 3.8) is 0 Å². The van der Waals surface area contributed by atoms with Gasteiger partial charge in [0.2, 0.25) is 0 Å². The minimum absolute atomic E-state index is 0.827. The number of hydrogen-bond acceptors (Lipinski definition) is 2. The summed E-state index contributed by atoms with van der Waals surface area (Å²) in [6, 6.07) is 27.8. The third kappa shape index (κ3) is 2.71. The summed E-state index contributed by atoms with van der Waals surface area (Å²) in [5.41, 5.74) is 8.02. The van der Waals surface area contributed by atoms with Gasteiger partial charge in [-0.25, -0.2) is 0 Å². The molecule has 0 saturated heterocycles. The molecular weight excluding hydrogens is 370 g/mol. The van der Waals surface area contributed by atoms with E-state index in [1.165, 1.54) is 27.4 Å². The quantitative estimate of drug-likeness (QED) is 0.411. The van der Waals surface area contributed by atoms with Crippen LogP contribution in [0.2, 0.25) is 0 Å². The van der Waals surface area contributed by atoms with Crippen molar-refractivity contribution in [2.75, 3.05) is 0 Å². The third-order valence-corrected chi connectivity index (χ3v) is 5.67. The molecule has 0 unspecified atom stereocenters. The second-order valence-corrected chi connectivity index (χ2v) is 7.48. The predicted octanol–water partition coefficient (Wildman–Crippen LogP) is 5.62. The highest BCUT2D eigenvalue weighted by Crippen LogP contribution is 2.35. The van der Waals surface area contributed by atoms with Crippen LogP contribution in [0, 0.1) is 0 Å². The maximum Gasteiger partial charge on any atom is 0.0650 e. The van der Waals surface area contributed by atoms with E-state index in [2.05, 4.69) is 91.7 Å². The average Bonchev–Trinajstić information content (AvgIpc) is 3.56. The van der Waals surface area contributed by atoms with Gasteiger partial charge in [0.05, 0.1) is 11.4 Å². The molecule has 0 saturated carbocycles. The molecule has 144 valence electrons. The highest BCUT2D eigenvalue weighted by molar-refractivity contribution is 6.10. The van der Waals surface area contributed by atoms with Crippen LogP contribution in [0.3, 0.4) is 0 Å². The van der Waals surface area contributed by atoms with Crippen molar-refractivity contribution in [1.29, 1.82) is 0 Å². The Morgan fingerprint density at radius 1 is 0.633 bits per heavy atom. The fourth-order valence-corrected chi connectivity index (χ4v) is 4.21. The third-order valence-electron chi connectivity index (χ3n) is 5.67. The standard InChI is InChI=1S/C25H19N5/c1-2-4-17(5-3-1)16-30-24-8-6-18(22-10-12-26-28-22)14-20(24)21-15-19(7-9-25(21)30)23-11-13-27-29-23/h1-15H,16H2,(H,26,28)(H,27,29). The minimum Gasteiger partial charge on any atom is -0.336 e. The smallest absolute Gasteiger partial charge is 0.0650 e. The number of benzene rings is 3. The number of H-pyrrole nitrogens is 2. The lowest BCUT2D eigenvalue weighted by molar-refractivity contribution is 0.869. The fraction of sp³-hybridized carbons (Fsp3) is 0.0400. The summed E-state index contributed by atoms with van der Waals surface area (Å²) >= 11 is 0. The van der Waals surface area contributed by atoms with Crippen molar-refractivity contribution in [1.82, 2.24) is 25.0 Å². The number of aromatic nitrogens is 5. The van der Waals surface area contributed by atoms with Crippen molar-refractivity contribution in [3.8, 4) is 22.5 Å². The maximum atomic E-state index is 4.11. The largest absolute Gasteiger partial charge is 0.336 e. The van der Waals surface area contributed by atoms with E-state index in [0.29, 0.717) is 0 Å². The van der Waals surface area contributed by atoms with E-state index < -0.39 is 0 Å². The van der Waals surface area contributed by atoms with Gasteiger partial charge in [-0.3, -0.25) is 10.2 Å². The summed E-state index contributed by atoms with van der Waals surface area (Å²) in [6.07, 6.45) is 3.57. The molecule has 0 amide bonds. The van der Waals surface area contributed by atoms with Crippen molar-refractivity contribution in [2.45, 2.75) is 6.54 Å². The minimum atomic E-state index is 0.827. The molecule has 0 bridgehead atoms. The first-order chi connectivity index (χ1) is 14.9. The zero-order valence-electron chi connectivity index (χ0n) is 16.2. The van der Waals surface area contributed by atoms with Crippen LogP contribution >= 0.6 is 0 Å². The van der Waals surface area contributed by atoms with Gasteiger partial charge in [-0.15, -0.1) is 0 Å². The van der Waals surface area contributed by atoms with Gasteiger partial charge >= 0.3 is 0 Å². The molecule has 0 atom stereocenters. The van der Waals surface area contributed by atoms with Crippen molar-refractivity contribution in [2.24, 2.45) is 0 Å². The normalized spacial score (nSPS) is 11.5. The summed E-state index contributed by atoms with van der Waals surface area (Å²) in [5.74, 6) is 0. The van der Waals surface area contributed by atoms with Gasteiger partial charge in [-0.1, -0.05) is 42.5 Å². The van der Waals surface area contributed by atoms with Gasteiger partial charge in [-0.2, -0.15) is 10.2 Å². The lowest BCUT2D eigenvalue weighted by Gasteiger charge is -2.08. The van der Waals surface area contributed by atoms with Crippen LogP contribution in [0.25, 0.3) is 44.3 Å². The molecule has 6 rings (SSSR count). The van der Waals surface area contributed by atoms with E-state index in [1.54, 1.807) is 12.4 Å². The molecule has 0 fully saturated rings. The molecule has 5 nitrogen and oxygen atoms in total. The first-order valence-electron chi connectivity index (χ1n) is 9.96. The van der Waals surface area contributed by atoms with E-state index in [9.17, 15) is 0 Å². The van der Waals surface area contributed by atoms with Crippen LogP contribution in [0.4, 0.5) is 0 Å². The fourth-order valence-electron chi connectivity index (χ4n) is 4.21. The van der Waals surface area contributed by atoms with Crippen molar-refractivity contribution < 1.29 is 0 Å². The molecule has 0 aliphatic heterocycles. The van der Waals surface area contributed by atoms with Crippen LogP contribution in [0.5, 0.6) is 0 Å². The number of fused-ring (bicyclic) bond motifs is 3. The summed E-state index contributed by atoms with van der Waals surface area (Å²) in [4.78, 5) is 0. The Kier molecular flexibility index (Phi) is 3.77. The molecule has 3 aromatic heterocycles. The van der Waals surface area contributed by atoms with E-state index in [-0.39, 0.29) is 0 Å². The van der Waals surface area contributed by atoms with Gasteiger partial charge < -0.3 is 4.57 Å². The van der Waals surface area contributed by atoms with Crippen molar-refractivity contribution >= 4 is 21.8 Å². The molecule has 0 spiro atoms. The summed E-state index contributed by atoms with van der Waals surface area (Å²) < 4.78 is 2.40. The number of aromatic amines is 2. The average molecular weight is 389 g/mol. The van der Waals surface area contributed by atoms with E-state index in [4.69, 9.17) is 0 Å². The lowest BCUT2D eigenvalue weighted by Crippen LogP contribution is -1.99. The molecular formula is C25H19N5. The van der Waals surface area contributed by atoms with Gasteiger partial charge in [0, 0.05) is 51.9 Å². The highest BCUT2D eigenvalue weighted by Gasteiger charge is 2.14. The Bertz CT molecular complexity index is 1350. The van der Waals surface area contributed by atoms with Crippen LogP contribution in [0.1, 0.15) is 5.56 Å². The molecule has 3 heterocycles. The molecule has 0 aliphatic carbocycles. The molecule has 3 aromatic carbocycles. The number of nitrogens with one attached hydrogen (secondary N) is 2. The van der Waals surface area contributed by atoms with Crippen LogP contribution in [-0.2, 0) is 6.54 Å². The second-order valence-electron chi connectivity index (χ2n) is 7.48. The number of hydrogen-bond donors (Lipinski definition) is 2. The van der Waals surface area contributed by atoms with Crippen LogP contribution < -0.4 is 0 Å². The summed E-state index contributed by atoms with van der Waals surface area (Å²) in [6.45, 7) is 0.827. The molecule has 0 aliphatic rings. The molecule has 5 heteroatoms. The Morgan fingerprint density at radius 2 is 1.20 bits per heavy atom. The molecule has 6 aromatic rings. The zero-order valence-corrected chi connectivity index (χ0v) is 16.2. The van der Waals surface area contributed by atoms with Gasteiger partial charge in [0.15, 0.2) is 0 Å². The molecule has 0 radical (unpaired) electrons. The Morgan fingerprint density at radius 3 is 1.70 bits per heavy atom. The highest BCUT2D eigenvalue weighted by atomic mass is 15.1. The van der Waals surface area contributed by atoms with Crippen LogP contribution in [-0.4, -0.2) is 25.0 Å². The SMILES string of the molecule is c1ccc(Cn2c3ccc(-c4ccn[nH]4)cc3c3cc(-c4ccn[nH]4)ccc32)cc1. The van der Waals surface area contributed by atoms with E-state index in [0.717, 1.165) is 29.1 Å². The summed E-state index contributed by atoms with van der Waals surface area (Å²) in [5, 5.41) is 16.8. The second kappa shape index (κ2) is 6.74. The van der Waals surface area contributed by atoms with Crippen LogP contribution in [0.15, 0.2) is 91.3 Å². The van der Waals surface area contributed by atoms with E-state index >= 15 is 0 Å². The van der Waals surface area contributed by atoms with Gasteiger partial charge in [0.25, 0.3) is 0 Å². The summed E-state index contributed by atoms with van der Waals surface area (Å²) in [7, 11) is 0. The Balaban J connectivity index is 1.61. The van der Waals surface area contributed by atoms with Gasteiger partial charge in [-0.05, 0) is 42.0 Å². The zero-order chi connectivity index (χ0) is 19.9. The topological polar surface area (TPSA) is 62.3 Å². The van der Waals surface area contributed by atoms with E-state index in [1.807, 2.05) is 12.1 Å². The first-order valence-corrected chi connectivity index (χ1v) is 9.96. The Labute approximate surface area is 173 Å². The molecule has 2 N–H and O–H groups in total. The number of nitrogens with zero attached hydrogens (tertiary/aromatic N) is 3. The predicted molar refractivity (Wildman–Crippen MR) is 120 cm³/mol. The monoisotopic (exact) mass is 389 g/mol. The number of rotatable bonds is 4. The first kappa shape index (κ1) is 16.8. The lowest BCUT2D eigenvalue weighted by atomic mass is 10.0. The van der Waals surface area contributed by atoms with Gasteiger partial charge in [0.1, 0.15) is 0 Å². The van der Waals surface area contributed by atoms with Crippen molar-refractivity contribution in [3.05, 3.63) is 96.8 Å². The maximum absolute atomic E-state index is 4.11.